The van der Waals surface area contributed by atoms with Crippen molar-refractivity contribution >= 4 is 0 Å². The molecule has 2 heteroatoms. The van der Waals surface area contributed by atoms with Gasteiger partial charge in [-0.15, -0.1) is 0 Å². The van der Waals surface area contributed by atoms with Gasteiger partial charge < -0.3 is 10.4 Å². The van der Waals surface area contributed by atoms with Gasteiger partial charge in [0.1, 0.15) is 0 Å². The van der Waals surface area contributed by atoms with Gasteiger partial charge in [-0.1, -0.05) is 6.92 Å². The van der Waals surface area contributed by atoms with E-state index in [9.17, 15) is 0 Å². The number of aliphatic hydroxyl groups excluding tert-OH is 1. The van der Waals surface area contributed by atoms with E-state index in [2.05, 4.69) is 12.2 Å². The molecule has 2 aliphatic rings. The van der Waals surface area contributed by atoms with Gasteiger partial charge in [0.2, 0.25) is 0 Å². The van der Waals surface area contributed by atoms with Crippen molar-refractivity contribution in [1.82, 2.24) is 5.32 Å². The molecular formula is C12H23NO. The SMILES string of the molecule is CC1CCC(NCC2(CCO)CC2)C1. The maximum Gasteiger partial charge on any atom is 0.0436 e. The molecule has 2 fully saturated rings. The minimum absolute atomic E-state index is 0.364. The van der Waals surface area contributed by atoms with Gasteiger partial charge in [-0.25, -0.2) is 0 Å². The average molecular weight is 197 g/mol. The lowest BCUT2D eigenvalue weighted by Gasteiger charge is -2.18. The summed E-state index contributed by atoms with van der Waals surface area (Å²) in [7, 11) is 0. The van der Waals surface area contributed by atoms with E-state index in [1.165, 1.54) is 32.1 Å². The zero-order valence-corrected chi connectivity index (χ0v) is 9.26. The van der Waals surface area contributed by atoms with Crippen LogP contribution in [0.5, 0.6) is 0 Å². The molecule has 0 bridgehead atoms. The third-order valence-electron chi connectivity index (χ3n) is 4.06. The van der Waals surface area contributed by atoms with Gasteiger partial charge in [0, 0.05) is 19.2 Å². The van der Waals surface area contributed by atoms with Crippen LogP contribution in [0.25, 0.3) is 0 Å². The Bertz CT molecular complexity index is 189. The van der Waals surface area contributed by atoms with E-state index in [4.69, 9.17) is 5.11 Å². The Balaban J connectivity index is 1.67. The number of aliphatic hydroxyl groups is 1. The molecule has 0 aromatic heterocycles. The van der Waals surface area contributed by atoms with Crippen molar-refractivity contribution < 1.29 is 5.11 Å². The zero-order chi connectivity index (χ0) is 10.0. The number of hydrogen-bond acceptors (Lipinski definition) is 2. The topological polar surface area (TPSA) is 32.3 Å². The molecule has 2 saturated carbocycles. The second-order valence-corrected chi connectivity index (χ2v) is 5.47. The van der Waals surface area contributed by atoms with Crippen molar-refractivity contribution in [3.63, 3.8) is 0 Å². The summed E-state index contributed by atoms with van der Waals surface area (Å²) in [5, 5.41) is 12.6. The van der Waals surface area contributed by atoms with E-state index in [1.54, 1.807) is 0 Å². The summed E-state index contributed by atoms with van der Waals surface area (Å²) < 4.78 is 0. The monoisotopic (exact) mass is 197 g/mol. The van der Waals surface area contributed by atoms with Gasteiger partial charge >= 0.3 is 0 Å². The fourth-order valence-corrected chi connectivity index (χ4v) is 2.68. The van der Waals surface area contributed by atoms with E-state index in [0.29, 0.717) is 12.0 Å². The van der Waals surface area contributed by atoms with E-state index < -0.39 is 0 Å². The highest BCUT2D eigenvalue weighted by Crippen LogP contribution is 2.48. The molecule has 0 aliphatic heterocycles. The summed E-state index contributed by atoms with van der Waals surface area (Å²) in [4.78, 5) is 0. The van der Waals surface area contributed by atoms with Gasteiger partial charge in [-0.3, -0.25) is 0 Å². The first-order chi connectivity index (χ1) is 6.74. The molecule has 0 aromatic carbocycles. The molecule has 0 amide bonds. The highest BCUT2D eigenvalue weighted by Gasteiger charge is 2.41. The van der Waals surface area contributed by atoms with Crippen LogP contribution < -0.4 is 5.32 Å². The van der Waals surface area contributed by atoms with E-state index in [0.717, 1.165) is 24.9 Å². The summed E-state index contributed by atoms with van der Waals surface area (Å²) in [6, 6.07) is 0.765. The molecular weight excluding hydrogens is 174 g/mol. The van der Waals surface area contributed by atoms with Crippen LogP contribution in [0.3, 0.4) is 0 Å². The summed E-state index contributed by atoms with van der Waals surface area (Å²) in [6.07, 6.45) is 7.75. The Morgan fingerprint density at radius 1 is 1.36 bits per heavy atom. The van der Waals surface area contributed by atoms with Crippen molar-refractivity contribution in [3.05, 3.63) is 0 Å². The normalized spacial score (nSPS) is 34.7. The van der Waals surface area contributed by atoms with Crippen LogP contribution in [0.2, 0.25) is 0 Å². The Hall–Kier alpha value is -0.0800. The minimum Gasteiger partial charge on any atom is -0.396 e. The molecule has 82 valence electrons. The number of rotatable bonds is 5. The molecule has 14 heavy (non-hydrogen) atoms. The van der Waals surface area contributed by atoms with Crippen molar-refractivity contribution in [1.29, 1.82) is 0 Å². The molecule has 2 N–H and O–H groups in total. The third-order valence-corrected chi connectivity index (χ3v) is 4.06. The lowest BCUT2D eigenvalue weighted by atomic mass is 10.0. The molecule has 0 saturated heterocycles. The molecule has 2 unspecified atom stereocenters. The Labute approximate surface area is 87.1 Å². The molecule has 2 rings (SSSR count). The van der Waals surface area contributed by atoms with E-state index in [1.807, 2.05) is 0 Å². The van der Waals surface area contributed by atoms with Crippen molar-refractivity contribution in [3.8, 4) is 0 Å². The van der Waals surface area contributed by atoms with E-state index >= 15 is 0 Å². The van der Waals surface area contributed by atoms with Crippen LogP contribution >= 0.6 is 0 Å². The Morgan fingerprint density at radius 3 is 2.64 bits per heavy atom. The summed E-state index contributed by atoms with van der Waals surface area (Å²) in [5.41, 5.74) is 0.487. The molecule has 2 atom stereocenters. The van der Waals surface area contributed by atoms with Crippen molar-refractivity contribution in [2.24, 2.45) is 11.3 Å². The van der Waals surface area contributed by atoms with Crippen LogP contribution in [0.4, 0.5) is 0 Å². The average Bonchev–Trinajstić information content (AvgIpc) is 2.80. The predicted molar refractivity (Wildman–Crippen MR) is 58.2 cm³/mol. The van der Waals surface area contributed by atoms with Crippen molar-refractivity contribution in [2.45, 2.75) is 51.5 Å². The quantitative estimate of drug-likeness (QED) is 0.706. The third kappa shape index (κ3) is 2.48. The lowest BCUT2D eigenvalue weighted by molar-refractivity contribution is 0.242. The maximum absolute atomic E-state index is 8.95. The lowest BCUT2D eigenvalue weighted by Crippen LogP contribution is -2.32. The minimum atomic E-state index is 0.364. The van der Waals surface area contributed by atoms with Gasteiger partial charge in [-0.05, 0) is 49.9 Å². The first-order valence-corrected chi connectivity index (χ1v) is 6.08. The van der Waals surface area contributed by atoms with Gasteiger partial charge in [0.15, 0.2) is 0 Å². The fourth-order valence-electron chi connectivity index (χ4n) is 2.68. The van der Waals surface area contributed by atoms with Crippen LogP contribution in [-0.2, 0) is 0 Å². The maximum atomic E-state index is 8.95. The van der Waals surface area contributed by atoms with Gasteiger partial charge in [-0.2, -0.15) is 0 Å². The van der Waals surface area contributed by atoms with Gasteiger partial charge in [0.05, 0.1) is 0 Å². The molecule has 2 aliphatic carbocycles. The zero-order valence-electron chi connectivity index (χ0n) is 9.26. The van der Waals surface area contributed by atoms with Crippen LogP contribution in [0.15, 0.2) is 0 Å². The second-order valence-electron chi connectivity index (χ2n) is 5.47. The highest BCUT2D eigenvalue weighted by molar-refractivity contribution is 4.95. The molecule has 0 heterocycles. The van der Waals surface area contributed by atoms with E-state index in [-0.39, 0.29) is 0 Å². The van der Waals surface area contributed by atoms with Gasteiger partial charge in [0.25, 0.3) is 0 Å². The summed E-state index contributed by atoms with van der Waals surface area (Å²) in [6.45, 7) is 3.86. The van der Waals surface area contributed by atoms with Crippen molar-refractivity contribution in [2.75, 3.05) is 13.2 Å². The fraction of sp³-hybridized carbons (Fsp3) is 1.00. The standard InChI is InChI=1S/C12H23NO/c1-10-2-3-11(8-10)13-9-12(4-5-12)6-7-14/h10-11,13-14H,2-9H2,1H3. The first kappa shape index (κ1) is 10.4. The molecule has 2 nitrogen and oxygen atoms in total. The molecule has 0 spiro atoms. The predicted octanol–water partition coefficient (Wildman–Crippen LogP) is 1.93. The smallest absolute Gasteiger partial charge is 0.0436 e. The second kappa shape index (κ2) is 4.19. The van der Waals surface area contributed by atoms with Crippen LogP contribution in [0.1, 0.15) is 45.4 Å². The Morgan fingerprint density at radius 2 is 2.14 bits per heavy atom. The summed E-state index contributed by atoms with van der Waals surface area (Å²) in [5.74, 6) is 0.917. The first-order valence-electron chi connectivity index (χ1n) is 6.08. The Kier molecular flexibility index (Phi) is 3.13. The number of nitrogens with one attached hydrogen (secondary N) is 1. The largest absolute Gasteiger partial charge is 0.396 e. The highest BCUT2D eigenvalue weighted by atomic mass is 16.3. The summed E-state index contributed by atoms with van der Waals surface area (Å²) >= 11 is 0. The van der Waals surface area contributed by atoms with Crippen LogP contribution in [-0.4, -0.2) is 24.3 Å². The molecule has 0 aromatic rings. The van der Waals surface area contributed by atoms with Crippen LogP contribution in [0, 0.1) is 11.3 Å². The molecule has 0 radical (unpaired) electrons. The number of hydrogen-bond donors (Lipinski definition) is 2.